The van der Waals surface area contributed by atoms with Crippen molar-refractivity contribution in [2.24, 2.45) is 0 Å². The van der Waals surface area contributed by atoms with E-state index in [1.165, 1.54) is 18.2 Å². The lowest BCUT2D eigenvalue weighted by atomic mass is 10.0. The zero-order valence-electron chi connectivity index (χ0n) is 9.53. The van der Waals surface area contributed by atoms with E-state index in [0.717, 1.165) is 12.1 Å². The van der Waals surface area contributed by atoms with Crippen LogP contribution in [0.4, 0.5) is 13.2 Å². The van der Waals surface area contributed by atoms with Crippen LogP contribution in [-0.4, -0.2) is 0 Å². The highest BCUT2D eigenvalue weighted by atomic mass is 35.5. The summed E-state index contributed by atoms with van der Waals surface area (Å²) in [6.45, 7) is 0. The van der Waals surface area contributed by atoms with Gasteiger partial charge in [0.05, 0.1) is 20.6 Å². The van der Waals surface area contributed by atoms with Gasteiger partial charge < -0.3 is 0 Å². The molecule has 0 nitrogen and oxygen atoms in total. The smallest absolute Gasteiger partial charge is 0.166 e. The second-order valence-electron chi connectivity index (χ2n) is 3.91. The van der Waals surface area contributed by atoms with Gasteiger partial charge in [0.1, 0.15) is 0 Å². The van der Waals surface area contributed by atoms with E-state index in [2.05, 4.69) is 0 Å². The van der Waals surface area contributed by atoms with Crippen LogP contribution in [0.3, 0.4) is 0 Å². The van der Waals surface area contributed by atoms with Crippen molar-refractivity contribution < 1.29 is 13.2 Å². The van der Waals surface area contributed by atoms with Crippen LogP contribution in [-0.2, 0) is 6.18 Å². The third-order valence-corrected chi connectivity index (χ3v) is 4.04. The lowest BCUT2D eigenvalue weighted by Crippen LogP contribution is -2.04. The summed E-state index contributed by atoms with van der Waals surface area (Å²) in [6, 6.07) is 5.95. The Labute approximate surface area is 133 Å². The van der Waals surface area contributed by atoms with Crippen LogP contribution in [0.25, 0.3) is 11.1 Å². The molecule has 0 aliphatic carbocycles. The van der Waals surface area contributed by atoms with E-state index in [9.17, 15) is 13.2 Å². The van der Waals surface area contributed by atoms with Crippen LogP contribution in [0, 0.1) is 0 Å². The maximum absolute atomic E-state index is 12.6. The number of rotatable bonds is 1. The summed E-state index contributed by atoms with van der Waals surface area (Å²) >= 11 is 23.8. The van der Waals surface area contributed by atoms with Gasteiger partial charge >= 0.3 is 6.18 Å². The Hall–Kier alpha value is -0.610. The Kier molecular flexibility index (Phi) is 4.45. The molecule has 7 heteroatoms. The SMILES string of the molecule is FC(F)(F)c1ccc(-c2c(Cl)ccc(Cl)c2Cl)c(Cl)c1. The third kappa shape index (κ3) is 3.01. The molecule has 2 aromatic rings. The first-order valence-corrected chi connectivity index (χ1v) is 6.73. The zero-order chi connectivity index (χ0) is 15.1. The standard InChI is InChI=1S/C13H5Cl4F3/c14-8-3-4-9(15)12(17)11(8)7-2-1-6(5-10(7)16)13(18,19)20/h1-5H. The molecule has 0 aliphatic rings. The Morgan fingerprint density at radius 1 is 0.750 bits per heavy atom. The lowest BCUT2D eigenvalue weighted by molar-refractivity contribution is -0.137. The molecule has 0 bridgehead atoms. The van der Waals surface area contributed by atoms with E-state index in [1.807, 2.05) is 0 Å². The van der Waals surface area contributed by atoms with Gasteiger partial charge in [0.2, 0.25) is 0 Å². The quantitative estimate of drug-likeness (QED) is 0.481. The van der Waals surface area contributed by atoms with E-state index < -0.39 is 11.7 Å². The van der Waals surface area contributed by atoms with Gasteiger partial charge in [-0.25, -0.2) is 0 Å². The minimum absolute atomic E-state index is 0.106. The topological polar surface area (TPSA) is 0 Å². The highest BCUT2D eigenvalue weighted by molar-refractivity contribution is 6.46. The Morgan fingerprint density at radius 3 is 1.90 bits per heavy atom. The number of hydrogen-bond donors (Lipinski definition) is 0. The first-order chi connectivity index (χ1) is 9.21. The molecule has 2 rings (SSSR count). The lowest BCUT2D eigenvalue weighted by Gasteiger charge is -2.13. The van der Waals surface area contributed by atoms with Crippen molar-refractivity contribution in [3.05, 3.63) is 56.0 Å². The van der Waals surface area contributed by atoms with Crippen molar-refractivity contribution in [1.29, 1.82) is 0 Å². The highest BCUT2D eigenvalue weighted by Gasteiger charge is 2.31. The van der Waals surface area contributed by atoms with Crippen LogP contribution in [0.1, 0.15) is 5.56 Å². The van der Waals surface area contributed by atoms with Crippen molar-refractivity contribution >= 4 is 46.4 Å². The summed E-state index contributed by atoms with van der Waals surface area (Å²) in [5.74, 6) is 0. The fourth-order valence-corrected chi connectivity index (χ4v) is 2.67. The van der Waals surface area contributed by atoms with Crippen molar-refractivity contribution in [2.45, 2.75) is 6.18 Å². The molecule has 0 atom stereocenters. The Balaban J connectivity index is 2.64. The van der Waals surface area contributed by atoms with E-state index in [1.54, 1.807) is 0 Å². The minimum atomic E-state index is -4.47. The highest BCUT2D eigenvalue weighted by Crippen LogP contribution is 2.43. The minimum Gasteiger partial charge on any atom is -0.166 e. The molecule has 0 amide bonds. The molecule has 0 unspecified atom stereocenters. The van der Waals surface area contributed by atoms with Crippen molar-refractivity contribution in [3.63, 3.8) is 0 Å². The molecule has 0 heterocycles. The summed E-state index contributed by atoms with van der Waals surface area (Å²) in [7, 11) is 0. The molecular formula is C13H5Cl4F3. The van der Waals surface area contributed by atoms with Gasteiger partial charge in [-0.2, -0.15) is 13.2 Å². The number of benzene rings is 2. The molecule has 0 radical (unpaired) electrons. The Morgan fingerprint density at radius 2 is 1.35 bits per heavy atom. The van der Waals surface area contributed by atoms with Crippen LogP contribution in [0.5, 0.6) is 0 Å². The predicted molar refractivity (Wildman–Crippen MR) is 76.9 cm³/mol. The summed E-state index contributed by atoms with van der Waals surface area (Å²) in [5, 5.41) is 0.523. The molecule has 0 aromatic heterocycles. The monoisotopic (exact) mass is 358 g/mol. The van der Waals surface area contributed by atoms with Crippen LogP contribution in [0.15, 0.2) is 30.3 Å². The van der Waals surface area contributed by atoms with Gasteiger partial charge in [-0.05, 0) is 24.3 Å². The molecule has 106 valence electrons. The molecule has 0 aliphatic heterocycles. The average molecular weight is 360 g/mol. The first kappa shape index (κ1) is 15.8. The molecule has 0 N–H and O–H groups in total. The molecule has 2 aromatic carbocycles. The second-order valence-corrected chi connectivity index (χ2v) is 5.51. The number of hydrogen-bond acceptors (Lipinski definition) is 0. The van der Waals surface area contributed by atoms with Gasteiger partial charge in [0.25, 0.3) is 0 Å². The van der Waals surface area contributed by atoms with Gasteiger partial charge in [-0.1, -0.05) is 52.5 Å². The predicted octanol–water partition coefficient (Wildman–Crippen LogP) is 6.99. The van der Waals surface area contributed by atoms with E-state index in [-0.39, 0.29) is 25.7 Å². The van der Waals surface area contributed by atoms with Crippen molar-refractivity contribution in [1.82, 2.24) is 0 Å². The fraction of sp³-hybridized carbons (Fsp3) is 0.0769. The summed E-state index contributed by atoms with van der Waals surface area (Å²) in [5.41, 5.74) is -0.253. The number of alkyl halides is 3. The van der Waals surface area contributed by atoms with Crippen molar-refractivity contribution in [2.75, 3.05) is 0 Å². The second kappa shape index (κ2) is 5.64. The summed E-state index contributed by atoms with van der Waals surface area (Å²) in [6.07, 6.45) is -4.47. The maximum Gasteiger partial charge on any atom is 0.416 e. The maximum atomic E-state index is 12.6. The van der Waals surface area contributed by atoms with Gasteiger partial charge in [-0.3, -0.25) is 0 Å². The average Bonchev–Trinajstić information content (AvgIpc) is 2.35. The normalized spacial score (nSPS) is 11.8. The number of halogens is 7. The zero-order valence-corrected chi connectivity index (χ0v) is 12.6. The van der Waals surface area contributed by atoms with E-state index in [4.69, 9.17) is 46.4 Å². The molecular weight excluding hydrogens is 355 g/mol. The fourth-order valence-electron chi connectivity index (χ4n) is 1.67. The molecule has 0 saturated heterocycles. The Bertz CT molecular complexity index is 665. The van der Waals surface area contributed by atoms with Crippen molar-refractivity contribution in [3.8, 4) is 11.1 Å². The largest absolute Gasteiger partial charge is 0.416 e. The van der Waals surface area contributed by atoms with E-state index >= 15 is 0 Å². The van der Waals surface area contributed by atoms with Crippen LogP contribution >= 0.6 is 46.4 Å². The van der Waals surface area contributed by atoms with Crippen LogP contribution in [0.2, 0.25) is 20.1 Å². The molecule has 0 spiro atoms. The molecule has 20 heavy (non-hydrogen) atoms. The molecule has 0 saturated carbocycles. The summed E-state index contributed by atoms with van der Waals surface area (Å²) in [4.78, 5) is 0. The van der Waals surface area contributed by atoms with Gasteiger partial charge in [0, 0.05) is 16.1 Å². The summed E-state index contributed by atoms with van der Waals surface area (Å²) < 4.78 is 37.8. The van der Waals surface area contributed by atoms with Gasteiger partial charge in [0.15, 0.2) is 0 Å². The van der Waals surface area contributed by atoms with E-state index in [0.29, 0.717) is 5.56 Å². The van der Waals surface area contributed by atoms with Gasteiger partial charge in [-0.15, -0.1) is 0 Å². The third-order valence-electron chi connectivity index (χ3n) is 2.61. The van der Waals surface area contributed by atoms with Crippen LogP contribution < -0.4 is 0 Å². The molecule has 0 fully saturated rings. The first-order valence-electron chi connectivity index (χ1n) is 5.22.